The third-order valence-electron chi connectivity index (χ3n) is 3.82. The molecule has 0 aliphatic rings. The lowest BCUT2D eigenvalue weighted by Gasteiger charge is -2.22. The predicted octanol–water partition coefficient (Wildman–Crippen LogP) is 1.92. The van der Waals surface area contributed by atoms with Crippen LogP contribution in [0.2, 0.25) is 0 Å². The normalized spacial score (nSPS) is 12.1. The molecule has 0 radical (unpaired) electrons. The maximum atomic E-state index is 12.1. The van der Waals surface area contributed by atoms with E-state index in [1.807, 2.05) is 13.8 Å². The Kier molecular flexibility index (Phi) is 5.10. The zero-order chi connectivity index (χ0) is 17.0. The van der Waals surface area contributed by atoms with Gasteiger partial charge in [0.2, 0.25) is 0 Å². The number of aromatic hydroxyl groups is 1. The minimum Gasteiger partial charge on any atom is -0.508 e. The second-order valence-electron chi connectivity index (χ2n) is 5.26. The van der Waals surface area contributed by atoms with Gasteiger partial charge in [0.1, 0.15) is 11.8 Å². The Balaban J connectivity index is 2.20. The first-order valence-electron chi connectivity index (χ1n) is 7.53. The Morgan fingerprint density at radius 3 is 2.61 bits per heavy atom. The minimum atomic E-state index is -1.10. The Morgan fingerprint density at radius 2 is 2.00 bits per heavy atom. The summed E-state index contributed by atoms with van der Waals surface area (Å²) >= 11 is 0. The minimum absolute atomic E-state index is 0.109. The van der Waals surface area contributed by atoms with Crippen LogP contribution in [0.15, 0.2) is 24.4 Å². The van der Waals surface area contributed by atoms with Gasteiger partial charge in [0, 0.05) is 36.6 Å². The molecule has 7 nitrogen and oxygen atoms in total. The molecule has 0 aliphatic heterocycles. The van der Waals surface area contributed by atoms with Crippen molar-refractivity contribution in [2.75, 3.05) is 13.1 Å². The molecule has 23 heavy (non-hydrogen) atoms. The van der Waals surface area contributed by atoms with Gasteiger partial charge in [-0.25, -0.2) is 9.59 Å². The van der Waals surface area contributed by atoms with Gasteiger partial charge in [-0.2, -0.15) is 0 Å². The van der Waals surface area contributed by atoms with E-state index in [-0.39, 0.29) is 12.2 Å². The number of nitrogens with zero attached hydrogens (tertiary/aromatic N) is 1. The second-order valence-corrected chi connectivity index (χ2v) is 5.26. The van der Waals surface area contributed by atoms with Crippen LogP contribution in [0.4, 0.5) is 4.79 Å². The molecule has 2 amide bonds. The zero-order valence-corrected chi connectivity index (χ0v) is 13.2. The van der Waals surface area contributed by atoms with Crippen molar-refractivity contribution >= 4 is 22.9 Å². The summed E-state index contributed by atoms with van der Waals surface area (Å²) < 4.78 is 0. The maximum Gasteiger partial charge on any atom is 0.326 e. The van der Waals surface area contributed by atoms with Crippen molar-refractivity contribution in [3.05, 3.63) is 30.0 Å². The van der Waals surface area contributed by atoms with Crippen LogP contribution in [0.25, 0.3) is 10.9 Å². The number of aliphatic carboxylic acids is 1. The Labute approximate surface area is 133 Å². The van der Waals surface area contributed by atoms with Gasteiger partial charge >= 0.3 is 12.0 Å². The van der Waals surface area contributed by atoms with Gasteiger partial charge in [-0.15, -0.1) is 0 Å². The first kappa shape index (κ1) is 16.7. The summed E-state index contributed by atoms with van der Waals surface area (Å²) in [6, 6.07) is 3.42. The number of carbonyl (C=O) groups excluding carboxylic acids is 1. The highest BCUT2D eigenvalue weighted by atomic mass is 16.4. The average molecular weight is 319 g/mol. The van der Waals surface area contributed by atoms with Crippen molar-refractivity contribution in [3.8, 4) is 5.75 Å². The van der Waals surface area contributed by atoms with Crippen LogP contribution in [0.5, 0.6) is 5.75 Å². The van der Waals surface area contributed by atoms with Gasteiger partial charge in [0.25, 0.3) is 0 Å². The molecular weight excluding hydrogens is 298 g/mol. The fraction of sp³-hybridized carbons (Fsp3) is 0.375. The van der Waals surface area contributed by atoms with Crippen molar-refractivity contribution in [3.63, 3.8) is 0 Å². The quantitative estimate of drug-likeness (QED) is 0.652. The molecule has 2 rings (SSSR count). The molecule has 0 aliphatic carbocycles. The number of nitrogens with one attached hydrogen (secondary N) is 2. The first-order chi connectivity index (χ1) is 11.0. The lowest BCUT2D eigenvalue weighted by Crippen LogP contribution is -2.48. The lowest BCUT2D eigenvalue weighted by atomic mass is 10.0. The van der Waals surface area contributed by atoms with Crippen LogP contribution < -0.4 is 5.32 Å². The van der Waals surface area contributed by atoms with Crippen LogP contribution in [0.1, 0.15) is 19.4 Å². The number of rotatable bonds is 6. The number of carboxylic acids is 1. The number of fused-ring (bicyclic) bond motifs is 1. The number of aromatic nitrogens is 1. The number of aromatic amines is 1. The van der Waals surface area contributed by atoms with Gasteiger partial charge in [-0.05, 0) is 37.6 Å². The van der Waals surface area contributed by atoms with Crippen LogP contribution >= 0.6 is 0 Å². The Hall–Kier alpha value is -2.70. The van der Waals surface area contributed by atoms with Crippen LogP contribution in [0.3, 0.4) is 0 Å². The van der Waals surface area contributed by atoms with E-state index in [4.69, 9.17) is 0 Å². The van der Waals surface area contributed by atoms with Gasteiger partial charge in [-0.1, -0.05) is 0 Å². The summed E-state index contributed by atoms with van der Waals surface area (Å²) in [5.74, 6) is -0.989. The van der Waals surface area contributed by atoms with E-state index in [2.05, 4.69) is 10.3 Å². The van der Waals surface area contributed by atoms with Crippen LogP contribution in [-0.4, -0.2) is 51.2 Å². The average Bonchev–Trinajstić information content (AvgIpc) is 2.90. The lowest BCUT2D eigenvalue weighted by molar-refractivity contribution is -0.139. The van der Waals surface area contributed by atoms with Gasteiger partial charge < -0.3 is 25.4 Å². The molecule has 1 heterocycles. The third-order valence-corrected chi connectivity index (χ3v) is 3.82. The summed E-state index contributed by atoms with van der Waals surface area (Å²) in [6.07, 6.45) is 1.83. The number of hydrogen-bond donors (Lipinski definition) is 4. The zero-order valence-electron chi connectivity index (χ0n) is 13.2. The molecule has 124 valence electrons. The molecule has 0 fully saturated rings. The monoisotopic (exact) mass is 319 g/mol. The van der Waals surface area contributed by atoms with E-state index < -0.39 is 18.0 Å². The smallest absolute Gasteiger partial charge is 0.326 e. The summed E-state index contributed by atoms with van der Waals surface area (Å²) in [4.78, 5) is 28.1. The molecule has 4 N–H and O–H groups in total. The SMILES string of the molecule is CCN(CC)C(=O)N[C@@H](Cc1c[nH]c2ccc(O)cc12)C(=O)O. The molecule has 1 atom stereocenters. The highest BCUT2D eigenvalue weighted by Crippen LogP contribution is 2.24. The largest absolute Gasteiger partial charge is 0.508 e. The highest BCUT2D eigenvalue weighted by molar-refractivity contribution is 5.87. The topological polar surface area (TPSA) is 106 Å². The molecule has 1 aromatic carbocycles. The molecule has 0 unspecified atom stereocenters. The maximum absolute atomic E-state index is 12.1. The van der Waals surface area contributed by atoms with E-state index in [0.29, 0.717) is 13.1 Å². The molecule has 0 saturated carbocycles. The fourth-order valence-electron chi connectivity index (χ4n) is 2.51. The number of H-pyrrole nitrogens is 1. The molecule has 0 saturated heterocycles. The number of amides is 2. The number of phenols is 1. The molecule has 1 aromatic heterocycles. The van der Waals surface area contributed by atoms with Crippen molar-refractivity contribution < 1.29 is 19.8 Å². The Morgan fingerprint density at radius 1 is 1.30 bits per heavy atom. The van der Waals surface area contributed by atoms with Crippen molar-refractivity contribution in [1.29, 1.82) is 0 Å². The number of carbonyl (C=O) groups is 2. The fourth-order valence-corrected chi connectivity index (χ4v) is 2.51. The van der Waals surface area contributed by atoms with E-state index in [1.54, 1.807) is 24.4 Å². The molecule has 2 aromatic rings. The standard InChI is InChI=1S/C16H21N3O4/c1-3-19(4-2)16(23)18-14(15(21)22)7-10-9-17-13-6-5-11(20)8-12(10)13/h5-6,8-9,14,17,20H,3-4,7H2,1-2H3,(H,18,23)(H,21,22)/t14-/m0/s1. The van der Waals surface area contributed by atoms with Gasteiger partial charge in [-0.3, -0.25) is 0 Å². The first-order valence-corrected chi connectivity index (χ1v) is 7.53. The summed E-state index contributed by atoms with van der Waals surface area (Å²) in [7, 11) is 0. The van der Waals surface area contributed by atoms with Crippen molar-refractivity contribution in [2.45, 2.75) is 26.3 Å². The number of carboxylic acid groups (broad SMARTS) is 1. The predicted molar refractivity (Wildman–Crippen MR) is 86.5 cm³/mol. The third kappa shape index (κ3) is 3.74. The van der Waals surface area contributed by atoms with E-state index in [1.165, 1.54) is 4.90 Å². The number of hydrogen-bond acceptors (Lipinski definition) is 3. The highest BCUT2D eigenvalue weighted by Gasteiger charge is 2.23. The molecule has 0 spiro atoms. The Bertz CT molecular complexity index is 706. The van der Waals surface area contributed by atoms with E-state index in [0.717, 1.165) is 16.5 Å². The molecule has 7 heteroatoms. The summed E-state index contributed by atoms with van der Waals surface area (Å²) in [6.45, 7) is 4.69. The van der Waals surface area contributed by atoms with Crippen molar-refractivity contribution in [1.82, 2.24) is 15.2 Å². The number of urea groups is 1. The molecular formula is C16H21N3O4. The van der Waals surface area contributed by atoms with Crippen LogP contribution in [0, 0.1) is 0 Å². The van der Waals surface area contributed by atoms with E-state index >= 15 is 0 Å². The van der Waals surface area contributed by atoms with Crippen LogP contribution in [-0.2, 0) is 11.2 Å². The molecule has 0 bridgehead atoms. The van der Waals surface area contributed by atoms with Crippen molar-refractivity contribution in [2.24, 2.45) is 0 Å². The summed E-state index contributed by atoms with van der Waals surface area (Å²) in [5.41, 5.74) is 1.53. The van der Waals surface area contributed by atoms with Gasteiger partial charge in [0.05, 0.1) is 0 Å². The van der Waals surface area contributed by atoms with Gasteiger partial charge in [0.15, 0.2) is 0 Å². The summed E-state index contributed by atoms with van der Waals surface area (Å²) in [5, 5.41) is 22.3. The van der Waals surface area contributed by atoms with E-state index in [9.17, 15) is 19.8 Å². The second kappa shape index (κ2) is 7.04. The number of phenolic OH excluding ortho intramolecular Hbond substituents is 1. The number of benzene rings is 1.